The highest BCUT2D eigenvalue weighted by molar-refractivity contribution is 6.51. The zero-order valence-corrected chi connectivity index (χ0v) is 20.7. The van der Waals surface area contributed by atoms with Gasteiger partial charge in [-0.2, -0.15) is 0 Å². The summed E-state index contributed by atoms with van der Waals surface area (Å²) in [7, 11) is 5.08. The van der Waals surface area contributed by atoms with Crippen LogP contribution in [0.1, 0.15) is 22.7 Å². The molecule has 1 amide bonds. The van der Waals surface area contributed by atoms with Gasteiger partial charge >= 0.3 is 0 Å². The number of Topliss-reactive ketones (excluding diaryl/α,β-unsaturated/α-hetero) is 1. The molecule has 0 bridgehead atoms. The van der Waals surface area contributed by atoms with Gasteiger partial charge in [-0.15, -0.1) is 0 Å². The highest BCUT2D eigenvalue weighted by Gasteiger charge is 2.47. The van der Waals surface area contributed by atoms with Crippen molar-refractivity contribution in [3.63, 3.8) is 0 Å². The molecule has 1 atom stereocenters. The van der Waals surface area contributed by atoms with Gasteiger partial charge < -0.3 is 14.7 Å². The lowest BCUT2D eigenvalue weighted by Crippen LogP contribution is -2.29. The molecule has 4 rings (SSSR count). The number of halogens is 3. The van der Waals surface area contributed by atoms with E-state index in [9.17, 15) is 23.5 Å². The minimum Gasteiger partial charge on any atom is -0.507 e. The number of aliphatic hydroxyl groups excluding tert-OH is 1. The van der Waals surface area contributed by atoms with E-state index in [1.54, 1.807) is 43.3 Å². The third-order valence-electron chi connectivity index (χ3n) is 6.00. The lowest BCUT2D eigenvalue weighted by molar-refractivity contribution is -0.132. The number of carbonyl (C=O) groups is 2. The van der Waals surface area contributed by atoms with Crippen molar-refractivity contribution in [2.75, 3.05) is 31.0 Å². The highest BCUT2D eigenvalue weighted by atomic mass is 35.5. The zero-order valence-electron chi connectivity index (χ0n) is 20.0. The smallest absolute Gasteiger partial charge is 0.300 e. The van der Waals surface area contributed by atoms with Crippen molar-refractivity contribution in [1.82, 2.24) is 0 Å². The van der Waals surface area contributed by atoms with Crippen LogP contribution in [0.2, 0.25) is 5.02 Å². The van der Waals surface area contributed by atoms with Gasteiger partial charge in [0.2, 0.25) is 0 Å². The second-order valence-electron chi connectivity index (χ2n) is 8.58. The Morgan fingerprint density at radius 2 is 1.69 bits per heavy atom. The van der Waals surface area contributed by atoms with Crippen molar-refractivity contribution in [2.45, 2.75) is 13.0 Å². The minimum absolute atomic E-state index is 0.0361. The molecule has 1 saturated heterocycles. The van der Waals surface area contributed by atoms with E-state index < -0.39 is 35.1 Å². The van der Waals surface area contributed by atoms with Gasteiger partial charge in [0, 0.05) is 31.5 Å². The number of ketones is 1. The first kappa shape index (κ1) is 25.2. The largest absolute Gasteiger partial charge is 0.507 e. The Morgan fingerprint density at radius 1 is 1.03 bits per heavy atom. The molecule has 1 aliphatic heterocycles. The number of methoxy groups -OCH3 is 1. The number of benzene rings is 3. The molecule has 186 valence electrons. The average molecular weight is 513 g/mol. The average Bonchev–Trinajstić information content (AvgIpc) is 3.10. The SMILES string of the molecule is COc1c(Cl)cc(C)cc1/C(O)=C1\C(=O)C(=O)N(c2ccc(F)c(F)c2)C1c1ccc(N(C)C)cc1. The maximum absolute atomic E-state index is 14.1. The quantitative estimate of drug-likeness (QED) is 0.273. The first-order valence-corrected chi connectivity index (χ1v) is 11.3. The van der Waals surface area contributed by atoms with Crippen LogP contribution in [0.3, 0.4) is 0 Å². The van der Waals surface area contributed by atoms with Crippen molar-refractivity contribution in [1.29, 1.82) is 0 Å². The van der Waals surface area contributed by atoms with Gasteiger partial charge in [0.05, 0.1) is 29.3 Å². The van der Waals surface area contributed by atoms with Crippen LogP contribution < -0.4 is 14.5 Å². The van der Waals surface area contributed by atoms with Gasteiger partial charge in [-0.25, -0.2) is 8.78 Å². The lowest BCUT2D eigenvalue weighted by atomic mass is 9.94. The minimum atomic E-state index is -1.18. The van der Waals surface area contributed by atoms with Gasteiger partial charge in [0.15, 0.2) is 11.6 Å². The molecule has 1 heterocycles. The number of aryl methyl sites for hydroxylation is 1. The number of nitrogens with zero attached hydrogens (tertiary/aromatic N) is 2. The second kappa shape index (κ2) is 9.62. The summed E-state index contributed by atoms with van der Waals surface area (Å²) in [5, 5.41) is 11.6. The van der Waals surface area contributed by atoms with Crippen LogP contribution in [0.25, 0.3) is 5.76 Å². The van der Waals surface area contributed by atoms with Crippen LogP contribution in [0.4, 0.5) is 20.2 Å². The van der Waals surface area contributed by atoms with Crippen molar-refractivity contribution < 1.29 is 28.2 Å². The molecule has 9 heteroatoms. The maximum Gasteiger partial charge on any atom is 0.300 e. The molecule has 1 aliphatic rings. The predicted molar refractivity (Wildman–Crippen MR) is 135 cm³/mol. The Kier molecular flexibility index (Phi) is 6.73. The van der Waals surface area contributed by atoms with Gasteiger partial charge in [0.1, 0.15) is 11.5 Å². The Balaban J connectivity index is 2.00. The monoisotopic (exact) mass is 512 g/mol. The summed E-state index contributed by atoms with van der Waals surface area (Å²) < 4.78 is 33.2. The van der Waals surface area contributed by atoms with Gasteiger partial charge in [0.25, 0.3) is 11.7 Å². The molecule has 1 N–H and O–H groups in total. The number of carbonyl (C=O) groups excluding carboxylic acids is 2. The van der Waals surface area contributed by atoms with Gasteiger partial charge in [-0.3, -0.25) is 14.5 Å². The van der Waals surface area contributed by atoms with Gasteiger partial charge in [-0.05, 0) is 54.4 Å². The highest BCUT2D eigenvalue weighted by Crippen LogP contribution is 2.45. The molecular formula is C27H23ClF2N2O4. The number of hydrogen-bond acceptors (Lipinski definition) is 5. The number of ether oxygens (including phenoxy) is 1. The van der Waals surface area contributed by atoms with E-state index in [0.717, 1.165) is 22.7 Å². The number of amides is 1. The zero-order chi connectivity index (χ0) is 26.3. The maximum atomic E-state index is 14.1. The molecular weight excluding hydrogens is 490 g/mol. The Bertz CT molecular complexity index is 1400. The van der Waals surface area contributed by atoms with E-state index in [2.05, 4.69) is 0 Å². The van der Waals surface area contributed by atoms with Crippen LogP contribution in [-0.2, 0) is 9.59 Å². The lowest BCUT2D eigenvalue weighted by Gasteiger charge is -2.26. The molecule has 0 spiro atoms. The van der Waals surface area contributed by atoms with Gasteiger partial charge in [-0.1, -0.05) is 23.7 Å². The van der Waals surface area contributed by atoms with E-state index in [1.165, 1.54) is 13.2 Å². The molecule has 0 saturated carbocycles. The van der Waals surface area contributed by atoms with Crippen LogP contribution in [-0.4, -0.2) is 38.0 Å². The Morgan fingerprint density at radius 3 is 2.28 bits per heavy atom. The summed E-state index contributed by atoms with van der Waals surface area (Å²) in [4.78, 5) is 29.5. The topological polar surface area (TPSA) is 70.1 Å². The molecule has 1 fully saturated rings. The second-order valence-corrected chi connectivity index (χ2v) is 8.99. The molecule has 0 aliphatic carbocycles. The number of hydrogen-bond donors (Lipinski definition) is 1. The molecule has 0 radical (unpaired) electrons. The summed E-state index contributed by atoms with van der Waals surface area (Å²) in [5.41, 5.74) is 1.87. The van der Waals surface area contributed by atoms with Crippen LogP contribution in [0.15, 0.2) is 60.2 Å². The fourth-order valence-electron chi connectivity index (χ4n) is 4.26. The molecule has 6 nitrogen and oxygen atoms in total. The molecule has 3 aromatic carbocycles. The molecule has 0 aromatic heterocycles. The summed E-state index contributed by atoms with van der Waals surface area (Å²) in [6.07, 6.45) is 0. The normalized spacial score (nSPS) is 17.0. The summed E-state index contributed by atoms with van der Waals surface area (Å²) in [6, 6.07) is 12.0. The van der Waals surface area contributed by atoms with Crippen LogP contribution in [0, 0.1) is 18.6 Å². The van der Waals surface area contributed by atoms with E-state index in [1.807, 2.05) is 19.0 Å². The Labute approximate surface area is 212 Å². The van der Waals surface area contributed by atoms with Crippen LogP contribution >= 0.6 is 11.6 Å². The molecule has 1 unspecified atom stereocenters. The fraction of sp³-hybridized carbons (Fsp3) is 0.185. The molecule has 36 heavy (non-hydrogen) atoms. The van der Waals surface area contributed by atoms with E-state index in [-0.39, 0.29) is 27.6 Å². The van der Waals surface area contributed by atoms with Crippen molar-refractivity contribution in [3.8, 4) is 5.75 Å². The summed E-state index contributed by atoms with van der Waals surface area (Å²) in [6.45, 7) is 1.75. The summed E-state index contributed by atoms with van der Waals surface area (Å²) in [5.74, 6) is -4.63. The van der Waals surface area contributed by atoms with E-state index in [4.69, 9.17) is 16.3 Å². The number of anilines is 2. The third kappa shape index (κ3) is 4.28. The summed E-state index contributed by atoms with van der Waals surface area (Å²) >= 11 is 6.31. The van der Waals surface area contributed by atoms with E-state index in [0.29, 0.717) is 11.1 Å². The number of rotatable bonds is 5. The number of aliphatic hydroxyl groups is 1. The Hall–Kier alpha value is -3.91. The molecule has 3 aromatic rings. The standard InChI is InChI=1S/C27H23ClF2N2O4/c1-14-11-18(26(36-4)19(28)12-14)24(33)22-23(15-5-7-16(8-6-15)31(2)3)32(27(35)25(22)34)17-9-10-20(29)21(30)13-17/h5-13,23,33H,1-4H3/b24-22+. The first-order chi connectivity index (χ1) is 17.0. The van der Waals surface area contributed by atoms with Crippen molar-refractivity contribution in [2.24, 2.45) is 0 Å². The predicted octanol–water partition coefficient (Wildman–Crippen LogP) is 5.63. The van der Waals surface area contributed by atoms with E-state index >= 15 is 0 Å². The third-order valence-corrected chi connectivity index (χ3v) is 6.28. The first-order valence-electron chi connectivity index (χ1n) is 10.9. The van der Waals surface area contributed by atoms with Crippen molar-refractivity contribution in [3.05, 3.63) is 93.5 Å². The fourth-order valence-corrected chi connectivity index (χ4v) is 4.61. The van der Waals surface area contributed by atoms with Crippen molar-refractivity contribution >= 4 is 40.4 Å². The van der Waals surface area contributed by atoms with Crippen LogP contribution in [0.5, 0.6) is 5.75 Å².